The first-order valence-electron chi connectivity index (χ1n) is 4.88. The quantitative estimate of drug-likeness (QED) is 0.671. The molecule has 0 saturated carbocycles. The van der Waals surface area contributed by atoms with Crippen molar-refractivity contribution < 1.29 is 4.79 Å². The summed E-state index contributed by atoms with van der Waals surface area (Å²) < 4.78 is 0. The summed E-state index contributed by atoms with van der Waals surface area (Å²) in [5.41, 5.74) is 7.07. The van der Waals surface area contributed by atoms with Crippen LogP contribution in [0.4, 0.5) is 5.82 Å². The lowest BCUT2D eigenvalue weighted by molar-refractivity contribution is 0.112. The number of carbonyl (C=O) groups is 1. The molecule has 0 aliphatic carbocycles. The highest BCUT2D eigenvalue weighted by molar-refractivity contribution is 6.45. The lowest BCUT2D eigenvalue weighted by Gasteiger charge is -2.08. The highest BCUT2D eigenvalue weighted by Gasteiger charge is 2.11. The van der Waals surface area contributed by atoms with Gasteiger partial charge in [-0.25, -0.2) is 4.98 Å². The minimum absolute atomic E-state index is 0.165. The van der Waals surface area contributed by atoms with Crippen molar-refractivity contribution in [2.45, 2.75) is 0 Å². The van der Waals surface area contributed by atoms with E-state index in [0.29, 0.717) is 38.0 Å². The van der Waals surface area contributed by atoms with Gasteiger partial charge in [-0.1, -0.05) is 34.8 Å². The van der Waals surface area contributed by atoms with E-state index in [0.717, 1.165) is 0 Å². The molecular weight excluding hydrogens is 295 g/mol. The van der Waals surface area contributed by atoms with E-state index in [-0.39, 0.29) is 5.82 Å². The second-order valence-corrected chi connectivity index (χ2v) is 4.79. The molecule has 0 aliphatic heterocycles. The van der Waals surface area contributed by atoms with Crippen LogP contribution in [-0.4, -0.2) is 11.3 Å². The molecule has 2 rings (SSSR count). The number of hydrogen-bond donors (Lipinski definition) is 1. The van der Waals surface area contributed by atoms with Crippen molar-refractivity contribution in [1.82, 2.24) is 4.98 Å². The van der Waals surface area contributed by atoms with E-state index in [2.05, 4.69) is 4.98 Å². The Morgan fingerprint density at radius 2 is 1.89 bits per heavy atom. The maximum absolute atomic E-state index is 10.8. The van der Waals surface area contributed by atoms with E-state index in [1.54, 1.807) is 18.2 Å². The van der Waals surface area contributed by atoms with Gasteiger partial charge in [-0.3, -0.25) is 4.79 Å². The van der Waals surface area contributed by atoms with Crippen molar-refractivity contribution in [3.8, 4) is 11.1 Å². The Hall–Kier alpha value is -1.29. The second-order valence-electron chi connectivity index (χ2n) is 3.57. The van der Waals surface area contributed by atoms with Crippen molar-refractivity contribution in [3.05, 3.63) is 45.0 Å². The summed E-state index contributed by atoms with van der Waals surface area (Å²) in [4.78, 5) is 14.8. The summed E-state index contributed by atoms with van der Waals surface area (Å²) in [7, 11) is 0. The standard InChI is InChI=1S/C12H7Cl3N2O/c13-8-2-9(11(15)10(14)3-8)6-1-7(5-18)12(16)17-4-6/h1-5H,(H2,16,17). The largest absolute Gasteiger partial charge is 0.383 e. The van der Waals surface area contributed by atoms with Crippen molar-refractivity contribution in [1.29, 1.82) is 0 Å². The summed E-state index contributed by atoms with van der Waals surface area (Å²) in [6.45, 7) is 0. The predicted molar refractivity (Wildman–Crippen MR) is 74.5 cm³/mol. The third-order valence-corrected chi connectivity index (χ3v) is 3.40. The molecule has 0 unspecified atom stereocenters. The zero-order valence-electron chi connectivity index (χ0n) is 8.95. The fraction of sp³-hybridized carbons (Fsp3) is 0. The monoisotopic (exact) mass is 300 g/mol. The Bertz CT molecular complexity index is 629. The van der Waals surface area contributed by atoms with Gasteiger partial charge in [-0.05, 0) is 18.2 Å². The fourth-order valence-electron chi connectivity index (χ4n) is 1.50. The summed E-state index contributed by atoms with van der Waals surface area (Å²) in [6.07, 6.45) is 2.14. The zero-order chi connectivity index (χ0) is 13.3. The predicted octanol–water partition coefficient (Wildman–Crippen LogP) is 4.10. The van der Waals surface area contributed by atoms with Crippen LogP contribution in [0.1, 0.15) is 10.4 Å². The topological polar surface area (TPSA) is 56.0 Å². The smallest absolute Gasteiger partial charge is 0.153 e. The molecule has 0 amide bonds. The van der Waals surface area contributed by atoms with Crippen LogP contribution in [0.2, 0.25) is 15.1 Å². The van der Waals surface area contributed by atoms with Crippen LogP contribution in [0.5, 0.6) is 0 Å². The molecule has 1 heterocycles. The zero-order valence-corrected chi connectivity index (χ0v) is 11.2. The number of nitrogen functional groups attached to an aromatic ring is 1. The molecule has 0 bridgehead atoms. The molecule has 2 aromatic rings. The SMILES string of the molecule is Nc1ncc(-c2cc(Cl)cc(Cl)c2Cl)cc1C=O. The minimum Gasteiger partial charge on any atom is -0.383 e. The maximum atomic E-state index is 10.8. The number of aldehydes is 1. The molecule has 0 aliphatic rings. The number of pyridine rings is 1. The van der Waals surface area contributed by atoms with E-state index in [9.17, 15) is 4.79 Å². The molecule has 0 saturated heterocycles. The number of halogens is 3. The number of nitrogens with zero attached hydrogens (tertiary/aromatic N) is 1. The van der Waals surface area contributed by atoms with Gasteiger partial charge < -0.3 is 5.73 Å². The van der Waals surface area contributed by atoms with Gasteiger partial charge in [-0.2, -0.15) is 0 Å². The molecule has 2 N–H and O–H groups in total. The number of carbonyl (C=O) groups excluding carboxylic acids is 1. The average molecular weight is 302 g/mol. The van der Waals surface area contributed by atoms with Crippen molar-refractivity contribution in [2.75, 3.05) is 5.73 Å². The molecule has 6 heteroatoms. The minimum atomic E-state index is 0.165. The summed E-state index contributed by atoms with van der Waals surface area (Å²) >= 11 is 18.0. The first-order valence-corrected chi connectivity index (χ1v) is 6.02. The average Bonchev–Trinajstić information content (AvgIpc) is 2.34. The van der Waals surface area contributed by atoms with Gasteiger partial charge in [0.05, 0.1) is 15.6 Å². The number of rotatable bonds is 2. The van der Waals surface area contributed by atoms with E-state index in [1.165, 1.54) is 6.20 Å². The van der Waals surface area contributed by atoms with Crippen LogP contribution >= 0.6 is 34.8 Å². The summed E-state index contributed by atoms with van der Waals surface area (Å²) in [6, 6.07) is 4.78. The normalized spacial score (nSPS) is 10.4. The summed E-state index contributed by atoms with van der Waals surface area (Å²) in [5, 5.41) is 1.14. The molecular formula is C12H7Cl3N2O. The summed E-state index contributed by atoms with van der Waals surface area (Å²) in [5.74, 6) is 0.165. The van der Waals surface area contributed by atoms with Crippen molar-refractivity contribution in [3.63, 3.8) is 0 Å². The molecule has 1 aromatic heterocycles. The Labute approximate surface area is 118 Å². The lowest BCUT2D eigenvalue weighted by atomic mass is 10.1. The van der Waals surface area contributed by atoms with Crippen LogP contribution in [0.25, 0.3) is 11.1 Å². The van der Waals surface area contributed by atoms with Crippen molar-refractivity contribution in [2.24, 2.45) is 0 Å². The second kappa shape index (κ2) is 5.14. The van der Waals surface area contributed by atoms with Crippen LogP contribution < -0.4 is 5.73 Å². The Kier molecular flexibility index (Phi) is 3.76. The maximum Gasteiger partial charge on any atom is 0.153 e. The van der Waals surface area contributed by atoms with Gasteiger partial charge >= 0.3 is 0 Å². The fourth-order valence-corrected chi connectivity index (χ4v) is 2.21. The Morgan fingerprint density at radius 3 is 2.56 bits per heavy atom. The van der Waals surface area contributed by atoms with Gasteiger partial charge in [0.2, 0.25) is 0 Å². The van der Waals surface area contributed by atoms with Crippen molar-refractivity contribution >= 4 is 46.9 Å². The van der Waals surface area contributed by atoms with Crippen LogP contribution in [-0.2, 0) is 0 Å². The number of benzene rings is 1. The molecule has 0 spiro atoms. The number of anilines is 1. The Balaban J connectivity index is 2.65. The molecule has 18 heavy (non-hydrogen) atoms. The number of hydrogen-bond acceptors (Lipinski definition) is 3. The van der Waals surface area contributed by atoms with Gasteiger partial charge in [0.25, 0.3) is 0 Å². The molecule has 3 nitrogen and oxygen atoms in total. The molecule has 1 aromatic carbocycles. The van der Waals surface area contributed by atoms with E-state index in [1.807, 2.05) is 0 Å². The third-order valence-electron chi connectivity index (χ3n) is 2.38. The van der Waals surface area contributed by atoms with Gasteiger partial charge in [0.1, 0.15) is 5.82 Å². The van der Waals surface area contributed by atoms with Crippen LogP contribution in [0.3, 0.4) is 0 Å². The van der Waals surface area contributed by atoms with E-state index in [4.69, 9.17) is 40.5 Å². The van der Waals surface area contributed by atoms with Crippen LogP contribution in [0, 0.1) is 0 Å². The highest BCUT2D eigenvalue weighted by Crippen LogP contribution is 2.36. The lowest BCUT2D eigenvalue weighted by Crippen LogP contribution is -1.97. The molecule has 0 fully saturated rings. The Morgan fingerprint density at radius 1 is 1.17 bits per heavy atom. The first-order chi connectivity index (χ1) is 8.52. The highest BCUT2D eigenvalue weighted by atomic mass is 35.5. The molecule has 92 valence electrons. The van der Waals surface area contributed by atoms with Gasteiger partial charge in [0.15, 0.2) is 6.29 Å². The number of aromatic nitrogens is 1. The molecule has 0 radical (unpaired) electrons. The van der Waals surface area contributed by atoms with E-state index < -0.39 is 0 Å². The number of nitrogens with two attached hydrogens (primary N) is 1. The first kappa shape index (κ1) is 13.1. The van der Waals surface area contributed by atoms with Gasteiger partial charge in [0, 0.05) is 22.3 Å². The third kappa shape index (κ3) is 2.43. The van der Waals surface area contributed by atoms with Crippen LogP contribution in [0.15, 0.2) is 24.4 Å². The van der Waals surface area contributed by atoms with Gasteiger partial charge in [-0.15, -0.1) is 0 Å². The van der Waals surface area contributed by atoms with E-state index >= 15 is 0 Å². The molecule has 0 atom stereocenters.